The highest BCUT2D eigenvalue weighted by atomic mass is 32.2. The van der Waals surface area contributed by atoms with Gasteiger partial charge in [0.1, 0.15) is 11.1 Å². The van der Waals surface area contributed by atoms with E-state index in [1.807, 2.05) is 11.8 Å². The first-order valence-electron chi connectivity index (χ1n) is 9.09. The first kappa shape index (κ1) is 18.7. The lowest BCUT2D eigenvalue weighted by Crippen LogP contribution is -2.49. The molecule has 0 saturated carbocycles. The molecule has 1 aromatic heterocycles. The molecule has 0 bridgehead atoms. The highest BCUT2D eigenvalue weighted by molar-refractivity contribution is 8.00. The Kier molecular flexibility index (Phi) is 5.82. The Morgan fingerprint density at radius 3 is 2.92 bits per heavy atom. The third-order valence-corrected chi connectivity index (χ3v) is 6.05. The topological polar surface area (TPSA) is 86.1 Å². The second kappa shape index (κ2) is 8.09. The third-order valence-electron chi connectivity index (χ3n) is 5.09. The highest BCUT2D eigenvalue weighted by Gasteiger charge is 2.25. The van der Waals surface area contributed by atoms with Gasteiger partial charge in [0.25, 0.3) is 0 Å². The third kappa shape index (κ3) is 4.01. The first-order valence-corrected chi connectivity index (χ1v) is 10.1. The summed E-state index contributed by atoms with van der Waals surface area (Å²) < 4.78 is 0. The van der Waals surface area contributed by atoms with Crippen LogP contribution in [0, 0.1) is 18.3 Å². The molecule has 1 saturated heterocycles. The second-order valence-corrected chi connectivity index (χ2v) is 7.94. The molecule has 1 aliphatic carbocycles. The Morgan fingerprint density at radius 1 is 1.38 bits per heavy atom. The van der Waals surface area contributed by atoms with Crippen molar-refractivity contribution >= 4 is 23.6 Å². The fourth-order valence-electron chi connectivity index (χ4n) is 3.81. The molecule has 1 N–H and O–H groups in total. The first-order chi connectivity index (χ1) is 12.5. The molecular weight excluding hydrogens is 348 g/mol. The Balaban J connectivity index is 1.66. The highest BCUT2D eigenvalue weighted by Crippen LogP contribution is 2.31. The van der Waals surface area contributed by atoms with Crippen molar-refractivity contribution in [2.24, 2.45) is 0 Å². The normalized spacial score (nSPS) is 19.0. The Morgan fingerprint density at radius 2 is 2.19 bits per heavy atom. The number of amides is 2. The Bertz CT molecular complexity index is 772. The van der Waals surface area contributed by atoms with E-state index in [0.29, 0.717) is 17.1 Å². The van der Waals surface area contributed by atoms with Gasteiger partial charge in [0.2, 0.25) is 11.8 Å². The zero-order valence-electron chi connectivity index (χ0n) is 15.3. The number of pyridine rings is 1. The average Bonchev–Trinajstić information content (AvgIpc) is 3.08. The van der Waals surface area contributed by atoms with Gasteiger partial charge in [0.15, 0.2) is 0 Å². The summed E-state index contributed by atoms with van der Waals surface area (Å²) in [5.41, 5.74) is 3.93. The number of hydrogen-bond acceptors (Lipinski definition) is 5. The predicted molar refractivity (Wildman–Crippen MR) is 99.9 cm³/mol. The van der Waals surface area contributed by atoms with Crippen LogP contribution in [0.5, 0.6) is 0 Å². The minimum absolute atomic E-state index is 0.0326. The summed E-state index contributed by atoms with van der Waals surface area (Å²) in [6, 6.07) is 2.30. The molecule has 26 heavy (non-hydrogen) atoms. The Hall–Kier alpha value is -2.07. The van der Waals surface area contributed by atoms with Crippen LogP contribution in [-0.2, 0) is 22.4 Å². The van der Waals surface area contributed by atoms with E-state index >= 15 is 0 Å². The molecular formula is C19H24N4O2S. The molecule has 7 heteroatoms. The number of aryl methyl sites for hydroxylation is 1. The maximum atomic E-state index is 12.6. The molecule has 6 nitrogen and oxygen atoms in total. The quantitative estimate of drug-likeness (QED) is 0.817. The number of nitrogens with one attached hydrogen (secondary N) is 1. The minimum Gasteiger partial charge on any atom is -0.352 e. The second-order valence-electron chi connectivity index (χ2n) is 6.98. The van der Waals surface area contributed by atoms with Gasteiger partial charge in [-0.15, -0.1) is 0 Å². The number of nitriles is 1. The van der Waals surface area contributed by atoms with Crippen LogP contribution in [0.25, 0.3) is 0 Å². The van der Waals surface area contributed by atoms with Crippen LogP contribution < -0.4 is 5.32 Å². The van der Waals surface area contributed by atoms with E-state index in [0.717, 1.165) is 49.9 Å². The standard InChI is InChI=1S/C19H24N4O2S/c1-12-15-6-3-7-17(15)22-19(16(12)9-20)26-11-18(25)23-8-4-5-14(10-23)21-13(2)24/h14H,3-8,10-11H2,1-2H3,(H,21,24)/t14-/m1/s1. The number of carbonyl (C=O) groups is 2. The van der Waals surface area contributed by atoms with Crippen LogP contribution in [0.1, 0.15) is 48.6 Å². The van der Waals surface area contributed by atoms with Gasteiger partial charge >= 0.3 is 0 Å². The van der Waals surface area contributed by atoms with Crippen LogP contribution in [0.3, 0.4) is 0 Å². The van der Waals surface area contributed by atoms with Gasteiger partial charge in [0.05, 0.1) is 11.3 Å². The smallest absolute Gasteiger partial charge is 0.233 e. The summed E-state index contributed by atoms with van der Waals surface area (Å²) in [4.78, 5) is 30.3. The zero-order chi connectivity index (χ0) is 18.7. The molecule has 0 aromatic carbocycles. The van der Waals surface area contributed by atoms with Crippen molar-refractivity contribution in [3.8, 4) is 6.07 Å². The molecule has 0 radical (unpaired) electrons. The molecule has 138 valence electrons. The van der Waals surface area contributed by atoms with Crippen molar-refractivity contribution in [1.82, 2.24) is 15.2 Å². The number of likely N-dealkylation sites (tertiary alicyclic amines) is 1. The van der Waals surface area contributed by atoms with Crippen molar-refractivity contribution in [1.29, 1.82) is 5.26 Å². The number of hydrogen-bond donors (Lipinski definition) is 1. The summed E-state index contributed by atoms with van der Waals surface area (Å²) in [5.74, 6) is 0.247. The lowest BCUT2D eigenvalue weighted by molar-refractivity contribution is -0.130. The molecule has 0 spiro atoms. The van der Waals surface area contributed by atoms with E-state index in [-0.39, 0.29) is 23.6 Å². The van der Waals surface area contributed by atoms with E-state index in [2.05, 4.69) is 16.4 Å². The summed E-state index contributed by atoms with van der Waals surface area (Å²) >= 11 is 1.36. The lowest BCUT2D eigenvalue weighted by atomic mass is 10.0. The number of carbonyl (C=O) groups excluding carboxylic acids is 2. The summed E-state index contributed by atoms with van der Waals surface area (Å²) in [6.45, 7) is 4.76. The van der Waals surface area contributed by atoms with E-state index in [9.17, 15) is 14.9 Å². The van der Waals surface area contributed by atoms with Crippen LogP contribution in [0.15, 0.2) is 5.03 Å². The Labute approximate surface area is 158 Å². The monoisotopic (exact) mass is 372 g/mol. The number of fused-ring (bicyclic) bond motifs is 1. The van der Waals surface area contributed by atoms with E-state index in [1.165, 1.54) is 24.2 Å². The lowest BCUT2D eigenvalue weighted by Gasteiger charge is -2.33. The fourth-order valence-corrected chi connectivity index (χ4v) is 4.77. The zero-order valence-corrected chi connectivity index (χ0v) is 16.1. The van der Waals surface area contributed by atoms with Crippen molar-refractivity contribution in [3.63, 3.8) is 0 Å². The molecule has 0 unspecified atom stereocenters. The summed E-state index contributed by atoms with van der Waals surface area (Å²) in [5, 5.41) is 13.1. The number of piperidine rings is 1. The molecule has 2 aliphatic rings. The van der Waals surface area contributed by atoms with Gasteiger partial charge in [-0.25, -0.2) is 4.98 Å². The number of nitrogens with zero attached hydrogens (tertiary/aromatic N) is 3. The van der Waals surface area contributed by atoms with Crippen molar-refractivity contribution in [2.45, 2.75) is 57.0 Å². The van der Waals surface area contributed by atoms with E-state index in [4.69, 9.17) is 0 Å². The van der Waals surface area contributed by atoms with Crippen molar-refractivity contribution < 1.29 is 9.59 Å². The number of thioether (sulfide) groups is 1. The molecule has 1 atom stereocenters. The van der Waals surface area contributed by atoms with Gasteiger partial charge in [-0.05, 0) is 50.2 Å². The van der Waals surface area contributed by atoms with Crippen LogP contribution in [0.2, 0.25) is 0 Å². The van der Waals surface area contributed by atoms with E-state index < -0.39 is 0 Å². The number of aromatic nitrogens is 1. The van der Waals surface area contributed by atoms with Gasteiger partial charge in [0, 0.05) is 31.7 Å². The van der Waals surface area contributed by atoms with Crippen LogP contribution in [0.4, 0.5) is 0 Å². The van der Waals surface area contributed by atoms with Gasteiger partial charge < -0.3 is 10.2 Å². The largest absolute Gasteiger partial charge is 0.352 e. The number of rotatable bonds is 4. The molecule has 2 heterocycles. The molecule has 1 fully saturated rings. The van der Waals surface area contributed by atoms with Gasteiger partial charge in [-0.2, -0.15) is 5.26 Å². The maximum absolute atomic E-state index is 12.6. The molecule has 3 rings (SSSR count). The fraction of sp³-hybridized carbons (Fsp3) is 0.579. The summed E-state index contributed by atoms with van der Waals surface area (Å²) in [6.07, 6.45) is 4.82. The average molecular weight is 372 g/mol. The predicted octanol–water partition coefficient (Wildman–Crippen LogP) is 1.97. The van der Waals surface area contributed by atoms with Gasteiger partial charge in [-0.1, -0.05) is 11.8 Å². The van der Waals surface area contributed by atoms with Crippen molar-refractivity contribution in [2.75, 3.05) is 18.8 Å². The van der Waals surface area contributed by atoms with Gasteiger partial charge in [-0.3, -0.25) is 9.59 Å². The minimum atomic E-state index is -0.0600. The SMILES string of the molecule is CC(=O)N[C@@H]1CCCN(C(=O)CSc2nc3c(c(C)c2C#N)CCC3)C1. The van der Waals surface area contributed by atoms with Crippen molar-refractivity contribution in [3.05, 3.63) is 22.4 Å². The van der Waals surface area contributed by atoms with Crippen LogP contribution >= 0.6 is 11.8 Å². The molecule has 1 aromatic rings. The molecule has 2 amide bonds. The van der Waals surface area contributed by atoms with E-state index in [1.54, 1.807) is 0 Å². The molecule has 1 aliphatic heterocycles. The maximum Gasteiger partial charge on any atom is 0.233 e. The van der Waals surface area contributed by atoms with Crippen LogP contribution in [-0.4, -0.2) is 46.6 Å². The summed E-state index contributed by atoms with van der Waals surface area (Å²) in [7, 11) is 0.